The summed E-state index contributed by atoms with van der Waals surface area (Å²) >= 11 is 0. The lowest BCUT2D eigenvalue weighted by molar-refractivity contribution is -0.141. The van der Waals surface area contributed by atoms with Gasteiger partial charge < -0.3 is 23.8 Å². The number of pyridine rings is 2. The van der Waals surface area contributed by atoms with E-state index in [0.29, 0.717) is 37.1 Å². The third-order valence-electron chi connectivity index (χ3n) is 6.27. The first-order valence-electron chi connectivity index (χ1n) is 11.7. The Hall–Kier alpha value is -3.44. The van der Waals surface area contributed by atoms with Crippen LogP contribution in [0.5, 0.6) is 5.75 Å². The zero-order valence-corrected chi connectivity index (χ0v) is 20.0. The van der Waals surface area contributed by atoms with E-state index in [1.54, 1.807) is 29.3 Å². The monoisotopic (exact) mass is 483 g/mol. The van der Waals surface area contributed by atoms with Gasteiger partial charge in [-0.25, -0.2) is 19.6 Å². The molecule has 2 atom stereocenters. The van der Waals surface area contributed by atoms with Gasteiger partial charge in [0, 0.05) is 25.4 Å². The normalized spacial score (nSPS) is 22.4. The van der Waals surface area contributed by atoms with Crippen LogP contribution in [0.1, 0.15) is 37.2 Å². The summed E-state index contributed by atoms with van der Waals surface area (Å²) in [5, 5.41) is 2.87. The fraction of sp³-hybridized carbons (Fsp3) is 0.500. The fourth-order valence-electron chi connectivity index (χ4n) is 4.68. The highest BCUT2D eigenvalue weighted by Crippen LogP contribution is 2.38. The molecule has 1 unspecified atom stereocenters. The van der Waals surface area contributed by atoms with E-state index in [9.17, 15) is 9.59 Å². The van der Waals surface area contributed by atoms with Gasteiger partial charge in [-0.15, -0.1) is 0 Å². The number of piperidine rings is 1. The topological polar surface area (TPSA) is 115 Å². The van der Waals surface area contributed by atoms with Gasteiger partial charge in [0.2, 0.25) is 0 Å². The number of hydrogen-bond acceptors (Lipinski definition) is 9. The second-order valence-corrected chi connectivity index (χ2v) is 9.21. The number of aromatic nitrogens is 2. The molecule has 186 valence electrons. The van der Waals surface area contributed by atoms with E-state index in [1.165, 1.54) is 7.11 Å². The van der Waals surface area contributed by atoms with Gasteiger partial charge in [-0.3, -0.25) is 10.2 Å². The molecule has 2 amide bonds. The number of methoxy groups -OCH3 is 1. The first-order chi connectivity index (χ1) is 16.8. The molecule has 3 aliphatic heterocycles. The molecule has 0 radical (unpaired) electrons. The SMILES string of the molecule is COC(=O)c1ccc2c(n1)N(C(=O)Nc1cc(OCC3COC(C)(C)O3)ccn1)[C@H]1CCCN2C1. The second kappa shape index (κ2) is 9.31. The number of carbonyl (C=O) groups is 2. The average Bonchev–Trinajstić information content (AvgIpc) is 3.21. The maximum atomic E-state index is 13.5. The Balaban J connectivity index is 1.33. The van der Waals surface area contributed by atoms with Gasteiger partial charge in [-0.1, -0.05) is 0 Å². The Kier molecular flexibility index (Phi) is 6.20. The molecule has 2 saturated heterocycles. The van der Waals surface area contributed by atoms with E-state index in [4.69, 9.17) is 18.9 Å². The Morgan fingerprint density at radius 3 is 2.91 bits per heavy atom. The molecule has 0 aliphatic carbocycles. The van der Waals surface area contributed by atoms with Crippen LogP contribution in [-0.2, 0) is 14.2 Å². The second-order valence-electron chi connectivity index (χ2n) is 9.21. The first kappa shape index (κ1) is 23.3. The molecule has 2 aromatic heterocycles. The van der Waals surface area contributed by atoms with Crippen molar-refractivity contribution in [1.82, 2.24) is 9.97 Å². The quantitative estimate of drug-likeness (QED) is 0.641. The number of esters is 1. The Bertz CT molecular complexity index is 1130. The van der Waals surface area contributed by atoms with Gasteiger partial charge in [0.25, 0.3) is 0 Å². The molecule has 0 saturated carbocycles. The number of carbonyl (C=O) groups excluding carboxylic acids is 2. The lowest BCUT2D eigenvalue weighted by Gasteiger charge is -2.45. The number of nitrogens with zero attached hydrogens (tertiary/aromatic N) is 4. The van der Waals surface area contributed by atoms with Crippen molar-refractivity contribution >= 4 is 29.3 Å². The lowest BCUT2D eigenvalue weighted by Crippen LogP contribution is -2.56. The van der Waals surface area contributed by atoms with Crippen molar-refractivity contribution in [3.8, 4) is 5.75 Å². The molecule has 35 heavy (non-hydrogen) atoms. The Morgan fingerprint density at radius 1 is 1.29 bits per heavy atom. The highest BCUT2D eigenvalue weighted by atomic mass is 16.7. The molecule has 2 fully saturated rings. The zero-order valence-electron chi connectivity index (χ0n) is 20.0. The molecular formula is C24H29N5O6. The first-order valence-corrected chi connectivity index (χ1v) is 11.7. The van der Waals surface area contributed by atoms with Crippen LogP contribution >= 0.6 is 0 Å². The zero-order chi connectivity index (χ0) is 24.6. The minimum Gasteiger partial charge on any atom is -0.491 e. The molecule has 2 bridgehead atoms. The summed E-state index contributed by atoms with van der Waals surface area (Å²) < 4.78 is 22.0. The minimum atomic E-state index is -0.618. The minimum absolute atomic E-state index is 0.0704. The number of urea groups is 1. The summed E-state index contributed by atoms with van der Waals surface area (Å²) in [6.45, 7) is 6.08. The van der Waals surface area contributed by atoms with E-state index in [2.05, 4.69) is 20.2 Å². The molecule has 0 aromatic carbocycles. The van der Waals surface area contributed by atoms with Crippen molar-refractivity contribution in [3.05, 3.63) is 36.2 Å². The van der Waals surface area contributed by atoms with Crippen LogP contribution in [-0.4, -0.2) is 73.3 Å². The molecule has 5 rings (SSSR count). The largest absolute Gasteiger partial charge is 0.491 e. The number of rotatable bonds is 5. The lowest BCUT2D eigenvalue weighted by atomic mass is 10.00. The molecular weight excluding hydrogens is 454 g/mol. The van der Waals surface area contributed by atoms with E-state index in [-0.39, 0.29) is 23.9 Å². The highest BCUT2D eigenvalue weighted by molar-refractivity contribution is 6.04. The van der Waals surface area contributed by atoms with Crippen LogP contribution in [0.2, 0.25) is 0 Å². The Morgan fingerprint density at radius 2 is 2.14 bits per heavy atom. The summed E-state index contributed by atoms with van der Waals surface area (Å²) in [7, 11) is 1.31. The van der Waals surface area contributed by atoms with Crippen LogP contribution < -0.4 is 19.9 Å². The molecule has 1 N–H and O–H groups in total. The fourth-order valence-corrected chi connectivity index (χ4v) is 4.68. The number of ether oxygens (including phenoxy) is 4. The van der Waals surface area contributed by atoms with Gasteiger partial charge in [0.05, 0.1) is 25.4 Å². The molecule has 2 aromatic rings. The predicted octanol–water partition coefficient (Wildman–Crippen LogP) is 2.81. The Labute approximate surface area is 203 Å². The molecule has 11 nitrogen and oxygen atoms in total. The van der Waals surface area contributed by atoms with Gasteiger partial charge in [-0.2, -0.15) is 0 Å². The summed E-state index contributed by atoms with van der Waals surface area (Å²) in [6, 6.07) is 6.38. The molecule has 11 heteroatoms. The van der Waals surface area contributed by atoms with Crippen LogP contribution in [0, 0.1) is 0 Å². The van der Waals surface area contributed by atoms with Gasteiger partial charge >= 0.3 is 12.0 Å². The summed E-state index contributed by atoms with van der Waals surface area (Å²) in [5.41, 5.74) is 0.968. The van der Waals surface area contributed by atoms with Crippen LogP contribution in [0.4, 0.5) is 22.1 Å². The molecule has 3 aliphatic rings. The van der Waals surface area contributed by atoms with Crippen LogP contribution in [0.25, 0.3) is 0 Å². The molecule has 5 heterocycles. The van der Waals surface area contributed by atoms with Crippen molar-refractivity contribution in [1.29, 1.82) is 0 Å². The van der Waals surface area contributed by atoms with E-state index >= 15 is 0 Å². The van der Waals surface area contributed by atoms with Crippen LogP contribution in [0.15, 0.2) is 30.5 Å². The number of nitrogens with one attached hydrogen (secondary N) is 1. The summed E-state index contributed by atoms with van der Waals surface area (Å²) in [5.74, 6) is 0.171. The van der Waals surface area contributed by atoms with E-state index in [1.807, 2.05) is 19.9 Å². The summed E-state index contributed by atoms with van der Waals surface area (Å²) in [4.78, 5) is 38.1. The summed E-state index contributed by atoms with van der Waals surface area (Å²) in [6.07, 6.45) is 3.19. The van der Waals surface area contributed by atoms with Crippen molar-refractivity contribution in [3.63, 3.8) is 0 Å². The predicted molar refractivity (Wildman–Crippen MR) is 127 cm³/mol. The van der Waals surface area contributed by atoms with Crippen molar-refractivity contribution in [2.45, 2.75) is 44.6 Å². The van der Waals surface area contributed by atoms with Crippen molar-refractivity contribution < 1.29 is 28.5 Å². The van der Waals surface area contributed by atoms with Crippen LogP contribution in [0.3, 0.4) is 0 Å². The van der Waals surface area contributed by atoms with Gasteiger partial charge in [0.15, 0.2) is 17.3 Å². The van der Waals surface area contributed by atoms with E-state index in [0.717, 1.165) is 25.1 Å². The third-order valence-corrected chi connectivity index (χ3v) is 6.27. The number of hydrogen-bond donors (Lipinski definition) is 1. The molecule has 0 spiro atoms. The number of amides is 2. The number of fused-ring (bicyclic) bond motifs is 4. The standard InChI is InChI=1S/C24H29N5O6/c1-24(2)34-14-17(35-24)13-33-16-8-9-25-20(11-16)27-23(31)29-15-5-4-10-28(12-15)19-7-6-18(22(30)32-3)26-21(19)29/h6-9,11,15,17H,4-5,10,12-14H2,1-3H3,(H,25,27,31)/t15-,17?/m0/s1. The van der Waals surface area contributed by atoms with Crippen molar-refractivity contribution in [2.75, 3.05) is 48.5 Å². The van der Waals surface area contributed by atoms with Gasteiger partial charge in [-0.05, 0) is 44.9 Å². The maximum absolute atomic E-state index is 13.5. The average molecular weight is 484 g/mol. The number of anilines is 3. The third kappa shape index (κ3) is 4.87. The van der Waals surface area contributed by atoms with Crippen molar-refractivity contribution in [2.24, 2.45) is 0 Å². The highest BCUT2D eigenvalue weighted by Gasteiger charge is 2.39. The van der Waals surface area contributed by atoms with Gasteiger partial charge in [0.1, 0.15) is 24.3 Å². The van der Waals surface area contributed by atoms with E-state index < -0.39 is 11.8 Å². The smallest absolute Gasteiger partial charge is 0.356 e. The maximum Gasteiger partial charge on any atom is 0.356 e.